The predicted octanol–water partition coefficient (Wildman–Crippen LogP) is 2.71. The van der Waals surface area contributed by atoms with Crippen LogP contribution < -0.4 is 5.48 Å². The average molecular weight is 245 g/mol. The second-order valence-electron chi connectivity index (χ2n) is 5.56. The first kappa shape index (κ1) is 11.7. The van der Waals surface area contributed by atoms with Gasteiger partial charge >= 0.3 is 0 Å². The van der Waals surface area contributed by atoms with Crippen molar-refractivity contribution in [1.29, 1.82) is 0 Å². The maximum absolute atomic E-state index is 11.8. The number of amides is 1. The Morgan fingerprint density at radius 1 is 1.17 bits per heavy atom. The molecule has 0 bridgehead atoms. The second-order valence-corrected chi connectivity index (χ2v) is 5.56. The van der Waals surface area contributed by atoms with Gasteiger partial charge in [-0.3, -0.25) is 10.0 Å². The maximum atomic E-state index is 11.8. The van der Waals surface area contributed by atoms with Crippen molar-refractivity contribution in [2.24, 2.45) is 17.8 Å². The first-order valence-corrected chi connectivity index (χ1v) is 6.82. The molecule has 3 atom stereocenters. The summed E-state index contributed by atoms with van der Waals surface area (Å²) >= 11 is 0. The molecule has 2 unspecified atom stereocenters. The molecular formula is C15H19NO2. The summed E-state index contributed by atoms with van der Waals surface area (Å²) in [6.45, 7) is 0. The van der Waals surface area contributed by atoms with Gasteiger partial charge in [0.15, 0.2) is 0 Å². The van der Waals surface area contributed by atoms with E-state index in [1.54, 1.807) is 0 Å². The smallest absolute Gasteiger partial charge is 0.247 e. The van der Waals surface area contributed by atoms with E-state index in [9.17, 15) is 4.79 Å². The van der Waals surface area contributed by atoms with Crippen LogP contribution in [0.25, 0.3) is 0 Å². The van der Waals surface area contributed by atoms with Gasteiger partial charge in [0.1, 0.15) is 0 Å². The zero-order valence-corrected chi connectivity index (χ0v) is 10.4. The van der Waals surface area contributed by atoms with Gasteiger partial charge in [0.2, 0.25) is 5.91 Å². The van der Waals surface area contributed by atoms with Gasteiger partial charge in [0.05, 0.1) is 5.92 Å². The molecule has 1 amide bonds. The molecule has 0 saturated heterocycles. The Kier molecular flexibility index (Phi) is 3.08. The third-order valence-corrected chi connectivity index (χ3v) is 4.62. The summed E-state index contributed by atoms with van der Waals surface area (Å²) in [6.07, 6.45) is 5.05. The highest BCUT2D eigenvalue weighted by Gasteiger charge is 2.58. The van der Waals surface area contributed by atoms with E-state index in [2.05, 4.69) is 12.1 Å². The molecule has 1 aromatic carbocycles. The first-order valence-electron chi connectivity index (χ1n) is 6.82. The van der Waals surface area contributed by atoms with Gasteiger partial charge in [-0.05, 0) is 23.3 Å². The van der Waals surface area contributed by atoms with Gasteiger partial charge < -0.3 is 0 Å². The topological polar surface area (TPSA) is 49.3 Å². The van der Waals surface area contributed by atoms with Crippen LogP contribution in [0.1, 0.15) is 37.2 Å². The van der Waals surface area contributed by atoms with Crippen LogP contribution in [0.15, 0.2) is 30.3 Å². The quantitative estimate of drug-likeness (QED) is 0.635. The van der Waals surface area contributed by atoms with Crippen LogP contribution >= 0.6 is 0 Å². The largest absolute Gasteiger partial charge is 0.289 e. The van der Waals surface area contributed by atoms with E-state index in [0.29, 0.717) is 17.8 Å². The highest BCUT2D eigenvalue weighted by molar-refractivity contribution is 5.82. The Morgan fingerprint density at radius 2 is 1.83 bits per heavy atom. The van der Waals surface area contributed by atoms with Gasteiger partial charge in [-0.1, -0.05) is 56.0 Å². The summed E-state index contributed by atoms with van der Waals surface area (Å²) in [4.78, 5) is 11.8. The molecular weight excluding hydrogens is 226 g/mol. The zero-order valence-electron chi connectivity index (χ0n) is 10.4. The number of carbonyl (C=O) groups is 1. The lowest BCUT2D eigenvalue weighted by Crippen LogP contribution is -2.22. The highest BCUT2D eigenvalue weighted by Crippen LogP contribution is 2.60. The summed E-state index contributed by atoms with van der Waals surface area (Å²) < 4.78 is 0. The van der Waals surface area contributed by atoms with Crippen molar-refractivity contribution >= 4 is 5.91 Å². The lowest BCUT2D eigenvalue weighted by Gasteiger charge is -2.07. The van der Waals surface area contributed by atoms with Crippen molar-refractivity contribution in [3.8, 4) is 0 Å². The Balaban J connectivity index is 1.81. The summed E-state index contributed by atoms with van der Waals surface area (Å²) in [6, 6.07) is 10.2. The lowest BCUT2D eigenvalue weighted by molar-refractivity contribution is -0.131. The van der Waals surface area contributed by atoms with E-state index >= 15 is 0 Å². The number of hydrogen-bond donors (Lipinski definition) is 2. The Morgan fingerprint density at radius 3 is 2.44 bits per heavy atom. The number of carbonyl (C=O) groups excluding carboxylic acids is 1. The van der Waals surface area contributed by atoms with Crippen LogP contribution in [0.3, 0.4) is 0 Å². The van der Waals surface area contributed by atoms with Crippen molar-refractivity contribution in [3.05, 3.63) is 35.9 Å². The Hall–Kier alpha value is -1.35. The molecule has 2 aliphatic rings. The molecule has 1 aromatic rings. The van der Waals surface area contributed by atoms with Crippen molar-refractivity contribution in [3.63, 3.8) is 0 Å². The van der Waals surface area contributed by atoms with E-state index < -0.39 is 0 Å². The molecule has 3 nitrogen and oxygen atoms in total. The number of hydrogen-bond acceptors (Lipinski definition) is 2. The highest BCUT2D eigenvalue weighted by atomic mass is 16.5. The lowest BCUT2D eigenvalue weighted by atomic mass is 9.97. The minimum atomic E-state index is -0.208. The molecule has 2 aliphatic carbocycles. The molecule has 96 valence electrons. The number of hydroxylamine groups is 1. The van der Waals surface area contributed by atoms with E-state index in [0.717, 1.165) is 0 Å². The molecule has 0 heterocycles. The van der Waals surface area contributed by atoms with Crippen LogP contribution in [0.2, 0.25) is 0 Å². The molecule has 3 heteroatoms. The predicted molar refractivity (Wildman–Crippen MR) is 68.1 cm³/mol. The summed E-state index contributed by atoms with van der Waals surface area (Å²) in [5.41, 5.74) is 3.08. The fourth-order valence-corrected chi connectivity index (χ4v) is 3.78. The molecule has 18 heavy (non-hydrogen) atoms. The van der Waals surface area contributed by atoms with E-state index in [-0.39, 0.29) is 11.8 Å². The third-order valence-electron chi connectivity index (χ3n) is 4.62. The van der Waals surface area contributed by atoms with Crippen molar-refractivity contribution in [2.75, 3.05) is 0 Å². The molecule has 0 radical (unpaired) electrons. The normalized spacial score (nSPS) is 31.3. The minimum Gasteiger partial charge on any atom is -0.289 e. The molecule has 2 N–H and O–H groups in total. The molecule has 0 aliphatic heterocycles. The summed E-state index contributed by atoms with van der Waals surface area (Å²) in [7, 11) is 0. The number of benzene rings is 1. The number of nitrogens with one attached hydrogen (secondary N) is 1. The Labute approximate surface area is 107 Å². The maximum Gasteiger partial charge on any atom is 0.247 e. The third kappa shape index (κ3) is 1.93. The van der Waals surface area contributed by atoms with Crippen LogP contribution in [0.4, 0.5) is 0 Å². The van der Waals surface area contributed by atoms with Crippen molar-refractivity contribution in [1.82, 2.24) is 5.48 Å². The minimum absolute atomic E-state index is 0.0273. The molecule has 2 fully saturated rings. The van der Waals surface area contributed by atoms with Gasteiger partial charge in [-0.15, -0.1) is 0 Å². The summed E-state index contributed by atoms with van der Waals surface area (Å²) in [5.74, 6) is 1.17. The SMILES string of the molecule is O=C(NO)C1C(C2CCCC2)[C@H]1c1ccccc1. The monoisotopic (exact) mass is 245 g/mol. The first-order chi connectivity index (χ1) is 8.83. The van der Waals surface area contributed by atoms with E-state index in [4.69, 9.17) is 5.21 Å². The molecule has 0 spiro atoms. The van der Waals surface area contributed by atoms with Crippen LogP contribution in [-0.4, -0.2) is 11.1 Å². The molecule has 2 saturated carbocycles. The molecule has 0 aromatic heterocycles. The fraction of sp³-hybridized carbons (Fsp3) is 0.533. The second kappa shape index (κ2) is 4.73. The Bertz CT molecular complexity index is 425. The molecule has 3 rings (SSSR count). The van der Waals surface area contributed by atoms with Gasteiger partial charge in [-0.25, -0.2) is 5.48 Å². The van der Waals surface area contributed by atoms with Gasteiger partial charge in [0, 0.05) is 0 Å². The number of rotatable bonds is 3. The van der Waals surface area contributed by atoms with E-state index in [1.807, 2.05) is 23.7 Å². The van der Waals surface area contributed by atoms with Crippen molar-refractivity contribution < 1.29 is 10.0 Å². The fourth-order valence-electron chi connectivity index (χ4n) is 3.78. The van der Waals surface area contributed by atoms with Crippen LogP contribution in [-0.2, 0) is 4.79 Å². The van der Waals surface area contributed by atoms with E-state index in [1.165, 1.54) is 31.2 Å². The summed E-state index contributed by atoms with van der Waals surface area (Å²) in [5, 5.41) is 8.87. The standard InChI is InChI=1S/C15H19NO2/c17-15(16-18)14-12(10-6-2-1-3-7-10)13(14)11-8-4-5-9-11/h1-3,6-7,11-14,18H,4-5,8-9H2,(H,16,17)/t12-,13?,14?/m1/s1. The van der Waals surface area contributed by atoms with Crippen LogP contribution in [0.5, 0.6) is 0 Å². The van der Waals surface area contributed by atoms with Gasteiger partial charge in [0.25, 0.3) is 0 Å². The van der Waals surface area contributed by atoms with Crippen LogP contribution in [0, 0.1) is 17.8 Å². The zero-order chi connectivity index (χ0) is 12.5. The van der Waals surface area contributed by atoms with Gasteiger partial charge in [-0.2, -0.15) is 0 Å². The average Bonchev–Trinajstić information content (AvgIpc) is 2.93. The van der Waals surface area contributed by atoms with Crippen molar-refractivity contribution in [2.45, 2.75) is 31.6 Å².